The molecule has 7 aromatic carbocycles. The van der Waals surface area contributed by atoms with Crippen molar-refractivity contribution in [2.24, 2.45) is 0 Å². The Bertz CT molecular complexity index is 2780. The number of hydrogen-bond acceptors (Lipinski definition) is 4. The Kier molecular flexibility index (Phi) is 6.10. The van der Waals surface area contributed by atoms with Crippen molar-refractivity contribution in [1.82, 2.24) is 9.97 Å². The zero-order chi connectivity index (χ0) is 33.5. The second kappa shape index (κ2) is 10.9. The molecule has 0 saturated heterocycles. The fraction of sp³-hybridized carbons (Fsp3) is 0.0213. The van der Waals surface area contributed by atoms with Crippen molar-refractivity contribution in [2.45, 2.75) is 15.2 Å². The Hall–Kier alpha value is -6.23. The first-order valence-electron chi connectivity index (χ1n) is 17.2. The molecule has 0 fully saturated rings. The van der Waals surface area contributed by atoms with Crippen LogP contribution < -0.4 is 0 Å². The smallest absolute Gasteiger partial charge is 0.160 e. The minimum atomic E-state index is -0.551. The molecule has 1 aliphatic heterocycles. The minimum absolute atomic E-state index is 0.551. The zero-order valence-electron chi connectivity index (χ0n) is 27.4. The monoisotopic (exact) mass is 668 g/mol. The standard InChI is InChI=1S/C47H28N2OS/c1-3-13-29(14-4-1)38-28-39(30-15-5-2-6-16-30)49-46(48-38)31-23-26-43-37(27-31)47(35-20-10-12-22-42(35)51-43)34-19-9-7-17-32(34)44-36(47)24-25-41-45(44)33-18-8-11-21-40(33)50-41/h1-28H/t47-/m1/s1. The average Bonchev–Trinajstić information content (AvgIpc) is 3.72. The van der Waals surface area contributed by atoms with Crippen LogP contribution in [-0.2, 0) is 5.41 Å². The molecule has 2 aromatic heterocycles. The quantitative estimate of drug-likeness (QED) is 0.188. The van der Waals surface area contributed by atoms with Crippen LogP contribution in [0.25, 0.3) is 67.0 Å². The molecule has 51 heavy (non-hydrogen) atoms. The molecule has 0 saturated carbocycles. The van der Waals surface area contributed by atoms with Crippen molar-refractivity contribution in [3.8, 4) is 45.0 Å². The molecule has 2 aliphatic rings. The van der Waals surface area contributed by atoms with E-state index in [9.17, 15) is 0 Å². The van der Waals surface area contributed by atoms with E-state index >= 15 is 0 Å². The summed E-state index contributed by atoms with van der Waals surface area (Å²) >= 11 is 1.85. The topological polar surface area (TPSA) is 38.9 Å². The van der Waals surface area contributed by atoms with E-state index < -0.39 is 5.41 Å². The lowest BCUT2D eigenvalue weighted by molar-refractivity contribution is 0.668. The molecule has 0 bridgehead atoms. The van der Waals surface area contributed by atoms with Crippen molar-refractivity contribution in [1.29, 1.82) is 0 Å². The largest absolute Gasteiger partial charge is 0.456 e. The van der Waals surface area contributed by atoms with Crippen LogP contribution in [0.1, 0.15) is 22.3 Å². The highest BCUT2D eigenvalue weighted by Crippen LogP contribution is 2.63. The van der Waals surface area contributed by atoms with Gasteiger partial charge in [0.1, 0.15) is 11.2 Å². The maximum Gasteiger partial charge on any atom is 0.160 e. The van der Waals surface area contributed by atoms with Gasteiger partial charge in [0.2, 0.25) is 0 Å². The van der Waals surface area contributed by atoms with Gasteiger partial charge >= 0.3 is 0 Å². The summed E-state index contributed by atoms with van der Waals surface area (Å²) in [5.41, 5.74) is 13.8. The van der Waals surface area contributed by atoms with Crippen molar-refractivity contribution >= 4 is 33.7 Å². The summed E-state index contributed by atoms with van der Waals surface area (Å²) in [5, 5.41) is 2.32. The van der Waals surface area contributed by atoms with Crippen LogP contribution in [0.3, 0.4) is 0 Å². The number of fused-ring (bicyclic) bond motifs is 13. The normalized spacial score (nSPS) is 15.5. The Morgan fingerprint density at radius 2 is 1.10 bits per heavy atom. The van der Waals surface area contributed by atoms with Gasteiger partial charge in [-0.1, -0.05) is 145 Å². The van der Waals surface area contributed by atoms with Crippen LogP contribution in [-0.4, -0.2) is 9.97 Å². The van der Waals surface area contributed by atoms with Gasteiger partial charge in [-0.2, -0.15) is 0 Å². The first-order valence-corrected chi connectivity index (χ1v) is 18.1. The van der Waals surface area contributed by atoms with E-state index in [1.165, 1.54) is 48.6 Å². The Morgan fingerprint density at radius 1 is 0.451 bits per heavy atom. The van der Waals surface area contributed by atoms with Gasteiger partial charge in [-0.3, -0.25) is 0 Å². The molecule has 0 amide bonds. The fourth-order valence-corrected chi connectivity index (χ4v) is 9.61. The first-order chi connectivity index (χ1) is 25.3. The van der Waals surface area contributed by atoms with Crippen molar-refractivity contribution in [3.63, 3.8) is 0 Å². The van der Waals surface area contributed by atoms with Crippen LogP contribution in [0.2, 0.25) is 0 Å². The van der Waals surface area contributed by atoms with Crippen LogP contribution >= 0.6 is 11.8 Å². The summed E-state index contributed by atoms with van der Waals surface area (Å²) in [4.78, 5) is 13.0. The summed E-state index contributed by atoms with van der Waals surface area (Å²) in [6.45, 7) is 0. The summed E-state index contributed by atoms with van der Waals surface area (Å²) in [6.07, 6.45) is 0. The molecule has 11 rings (SSSR count). The van der Waals surface area contributed by atoms with Crippen LogP contribution in [0.5, 0.6) is 0 Å². The SMILES string of the molecule is c1ccc(-c2cc(-c3ccccc3)nc(-c3ccc4c(c3)[C@@]3(c5ccccc5S4)c4ccccc4-c4c3ccc3oc5ccccc5c43)n2)cc1. The maximum absolute atomic E-state index is 6.46. The van der Waals surface area contributed by atoms with E-state index in [-0.39, 0.29) is 0 Å². The molecule has 1 spiro atoms. The Labute approximate surface area is 299 Å². The predicted molar refractivity (Wildman–Crippen MR) is 207 cm³/mol. The maximum atomic E-state index is 6.46. The van der Waals surface area contributed by atoms with Gasteiger partial charge in [-0.15, -0.1) is 0 Å². The van der Waals surface area contributed by atoms with Gasteiger partial charge in [-0.05, 0) is 69.8 Å². The molecule has 3 nitrogen and oxygen atoms in total. The van der Waals surface area contributed by atoms with E-state index in [4.69, 9.17) is 14.4 Å². The number of hydrogen-bond donors (Lipinski definition) is 0. The van der Waals surface area contributed by atoms with Gasteiger partial charge in [0.25, 0.3) is 0 Å². The second-order valence-corrected chi connectivity index (χ2v) is 14.3. The first kappa shape index (κ1) is 28.6. The number of benzene rings is 7. The van der Waals surface area contributed by atoms with Gasteiger partial charge in [0.05, 0.1) is 16.8 Å². The Morgan fingerprint density at radius 3 is 1.88 bits per heavy atom. The molecule has 0 N–H and O–H groups in total. The minimum Gasteiger partial charge on any atom is -0.456 e. The molecular weight excluding hydrogens is 641 g/mol. The number of para-hydroxylation sites is 1. The molecule has 1 aliphatic carbocycles. The predicted octanol–water partition coefficient (Wildman–Crippen LogP) is 12.2. The summed E-state index contributed by atoms with van der Waals surface area (Å²) in [5.74, 6) is 0.708. The van der Waals surface area contributed by atoms with Crippen molar-refractivity contribution in [2.75, 3.05) is 0 Å². The van der Waals surface area contributed by atoms with Crippen LogP contribution in [0.4, 0.5) is 0 Å². The molecule has 9 aromatic rings. The lowest BCUT2D eigenvalue weighted by Crippen LogP contribution is -2.32. The number of aromatic nitrogens is 2. The molecule has 3 heterocycles. The zero-order valence-corrected chi connectivity index (χ0v) is 28.2. The number of rotatable bonds is 3. The summed E-state index contributed by atoms with van der Waals surface area (Å²) < 4.78 is 6.46. The van der Waals surface area contributed by atoms with E-state index in [1.807, 2.05) is 30.0 Å². The number of furan rings is 1. The molecule has 4 heteroatoms. The van der Waals surface area contributed by atoms with E-state index in [0.717, 1.165) is 44.6 Å². The highest BCUT2D eigenvalue weighted by Gasteiger charge is 2.51. The summed E-state index contributed by atoms with van der Waals surface area (Å²) in [6, 6.07) is 60.5. The average molecular weight is 669 g/mol. The molecule has 238 valence electrons. The Balaban J connectivity index is 1.22. The van der Waals surface area contributed by atoms with Gasteiger partial charge < -0.3 is 4.42 Å². The molecule has 0 radical (unpaired) electrons. The van der Waals surface area contributed by atoms with Crippen LogP contribution in [0.15, 0.2) is 184 Å². The van der Waals surface area contributed by atoms with E-state index in [2.05, 4.69) is 152 Å². The van der Waals surface area contributed by atoms with E-state index in [0.29, 0.717) is 5.82 Å². The second-order valence-electron chi connectivity index (χ2n) is 13.3. The third-order valence-corrected chi connectivity index (χ3v) is 11.7. The fourth-order valence-electron chi connectivity index (χ4n) is 8.43. The molecular formula is C47H28N2OS. The lowest BCUT2D eigenvalue weighted by Gasteiger charge is -2.39. The number of nitrogens with zero attached hydrogens (tertiary/aromatic N) is 2. The van der Waals surface area contributed by atoms with Gasteiger partial charge in [0.15, 0.2) is 5.82 Å². The third-order valence-electron chi connectivity index (χ3n) is 10.6. The summed E-state index contributed by atoms with van der Waals surface area (Å²) in [7, 11) is 0. The van der Waals surface area contributed by atoms with Gasteiger partial charge in [-0.25, -0.2) is 9.97 Å². The molecule has 1 atom stereocenters. The van der Waals surface area contributed by atoms with Crippen molar-refractivity contribution < 1.29 is 4.42 Å². The lowest BCUT2D eigenvalue weighted by atomic mass is 9.67. The highest BCUT2D eigenvalue weighted by atomic mass is 32.2. The van der Waals surface area contributed by atoms with Crippen LogP contribution in [0, 0.1) is 0 Å². The highest BCUT2D eigenvalue weighted by molar-refractivity contribution is 7.99. The van der Waals surface area contributed by atoms with E-state index in [1.54, 1.807) is 0 Å². The third kappa shape index (κ3) is 4.08. The van der Waals surface area contributed by atoms with Crippen molar-refractivity contribution in [3.05, 3.63) is 192 Å². The van der Waals surface area contributed by atoms with Gasteiger partial charge in [0, 0.05) is 37.3 Å². The molecule has 0 unspecified atom stereocenters.